The van der Waals surface area contributed by atoms with Crippen LogP contribution in [-0.4, -0.2) is 33.7 Å². The van der Waals surface area contributed by atoms with E-state index in [-0.39, 0.29) is 6.54 Å². The molecule has 0 aliphatic rings. The Labute approximate surface area is 115 Å². The lowest BCUT2D eigenvalue weighted by molar-refractivity contribution is 0.204. The number of nitrogen functional groups attached to an aromatic ring is 1. The molecule has 1 aromatic heterocycles. The van der Waals surface area contributed by atoms with E-state index in [0.29, 0.717) is 22.9 Å². The normalized spacial score (nSPS) is 11.8. The van der Waals surface area contributed by atoms with Gasteiger partial charge in [0.05, 0.1) is 16.8 Å². The van der Waals surface area contributed by atoms with E-state index in [1.54, 1.807) is 18.2 Å². The van der Waals surface area contributed by atoms with Crippen LogP contribution in [0.1, 0.15) is 0 Å². The van der Waals surface area contributed by atoms with Gasteiger partial charge in [-0.3, -0.25) is 0 Å². The fourth-order valence-corrected chi connectivity index (χ4v) is 3.38. The standard InChI is InChI=1S/C10H14N4O3S2/c1-17-5-4-12-19(15,16)14-10-13-8-3-2-7(11)6-9(8)18-10/h2-3,6,12H,4-5,11H2,1H3,(H,13,14). The summed E-state index contributed by atoms with van der Waals surface area (Å²) in [5.41, 5.74) is 6.97. The first-order chi connectivity index (χ1) is 9.00. The molecule has 2 aromatic rings. The molecule has 1 heterocycles. The predicted molar refractivity (Wildman–Crippen MR) is 76.5 cm³/mol. The molecular weight excluding hydrogens is 288 g/mol. The maximum Gasteiger partial charge on any atom is 0.300 e. The van der Waals surface area contributed by atoms with Crippen LogP contribution in [0.4, 0.5) is 10.8 Å². The van der Waals surface area contributed by atoms with E-state index >= 15 is 0 Å². The van der Waals surface area contributed by atoms with Crippen LogP contribution in [0, 0.1) is 0 Å². The van der Waals surface area contributed by atoms with E-state index in [1.165, 1.54) is 18.4 Å². The van der Waals surface area contributed by atoms with E-state index in [9.17, 15) is 8.42 Å². The van der Waals surface area contributed by atoms with Gasteiger partial charge < -0.3 is 10.5 Å². The molecule has 9 heteroatoms. The van der Waals surface area contributed by atoms with Crippen molar-refractivity contribution in [2.45, 2.75) is 0 Å². The van der Waals surface area contributed by atoms with Crippen molar-refractivity contribution in [1.82, 2.24) is 9.71 Å². The monoisotopic (exact) mass is 302 g/mol. The highest BCUT2D eigenvalue weighted by Gasteiger charge is 2.12. The molecule has 104 valence electrons. The molecule has 0 saturated carbocycles. The number of hydrogen-bond donors (Lipinski definition) is 3. The summed E-state index contributed by atoms with van der Waals surface area (Å²) in [6.45, 7) is 0.501. The van der Waals surface area contributed by atoms with Crippen molar-refractivity contribution in [2.75, 3.05) is 30.7 Å². The topological polar surface area (TPSA) is 106 Å². The SMILES string of the molecule is COCCNS(=O)(=O)Nc1nc2ccc(N)cc2s1. The van der Waals surface area contributed by atoms with Crippen molar-refractivity contribution in [3.05, 3.63) is 18.2 Å². The van der Waals surface area contributed by atoms with Gasteiger partial charge in [0.2, 0.25) is 0 Å². The molecule has 4 N–H and O–H groups in total. The minimum Gasteiger partial charge on any atom is -0.399 e. The lowest BCUT2D eigenvalue weighted by Crippen LogP contribution is -2.32. The first-order valence-corrected chi connectivity index (χ1v) is 7.72. The quantitative estimate of drug-likeness (QED) is 0.540. The number of fused-ring (bicyclic) bond motifs is 1. The first-order valence-electron chi connectivity index (χ1n) is 5.42. The molecule has 0 bridgehead atoms. The Kier molecular flexibility index (Phi) is 4.20. The Bertz CT molecular complexity index is 668. The third-order valence-electron chi connectivity index (χ3n) is 2.23. The Balaban J connectivity index is 2.12. The molecule has 0 saturated heterocycles. The Hall–Kier alpha value is -1.42. The number of benzene rings is 1. The molecule has 0 atom stereocenters. The highest BCUT2D eigenvalue weighted by atomic mass is 32.2. The molecule has 2 rings (SSSR count). The maximum absolute atomic E-state index is 11.7. The predicted octanol–water partition coefficient (Wildman–Crippen LogP) is 0.771. The summed E-state index contributed by atoms with van der Waals surface area (Å²) >= 11 is 1.22. The third-order valence-corrected chi connectivity index (χ3v) is 4.34. The van der Waals surface area contributed by atoms with Gasteiger partial charge in [-0.1, -0.05) is 11.3 Å². The molecule has 0 spiro atoms. The maximum atomic E-state index is 11.7. The van der Waals surface area contributed by atoms with Crippen molar-refractivity contribution >= 4 is 42.6 Å². The average Bonchev–Trinajstić information content (AvgIpc) is 2.69. The number of ether oxygens (including phenoxy) is 1. The zero-order chi connectivity index (χ0) is 13.9. The van der Waals surface area contributed by atoms with E-state index in [1.807, 2.05) is 0 Å². The van der Waals surface area contributed by atoms with Gasteiger partial charge in [0.15, 0.2) is 5.13 Å². The molecule has 0 aliphatic heterocycles. The highest BCUT2D eigenvalue weighted by molar-refractivity contribution is 7.91. The second kappa shape index (κ2) is 5.70. The smallest absolute Gasteiger partial charge is 0.300 e. The summed E-state index contributed by atoms with van der Waals surface area (Å²) in [6.07, 6.45) is 0. The molecule has 19 heavy (non-hydrogen) atoms. The molecule has 0 fully saturated rings. The number of aromatic nitrogens is 1. The number of methoxy groups -OCH3 is 1. The highest BCUT2D eigenvalue weighted by Crippen LogP contribution is 2.27. The summed E-state index contributed by atoms with van der Waals surface area (Å²) in [5, 5.41) is 0.297. The number of anilines is 2. The minimum atomic E-state index is -3.63. The second-order valence-corrected chi connectivity index (χ2v) is 6.27. The fourth-order valence-electron chi connectivity index (χ4n) is 1.41. The minimum absolute atomic E-state index is 0.198. The molecule has 0 amide bonds. The van der Waals surface area contributed by atoms with Gasteiger partial charge in [-0.25, -0.2) is 9.71 Å². The average molecular weight is 302 g/mol. The van der Waals surface area contributed by atoms with Crippen molar-refractivity contribution in [3.8, 4) is 0 Å². The lowest BCUT2D eigenvalue weighted by Gasteiger charge is -2.05. The van der Waals surface area contributed by atoms with Gasteiger partial charge >= 0.3 is 10.2 Å². The van der Waals surface area contributed by atoms with Crippen LogP contribution in [0.25, 0.3) is 10.2 Å². The number of nitrogens with one attached hydrogen (secondary N) is 2. The fraction of sp³-hybridized carbons (Fsp3) is 0.300. The number of thiazole rings is 1. The van der Waals surface area contributed by atoms with Crippen LogP contribution in [0.5, 0.6) is 0 Å². The van der Waals surface area contributed by atoms with Crippen molar-refractivity contribution < 1.29 is 13.2 Å². The van der Waals surface area contributed by atoms with Gasteiger partial charge in [-0.05, 0) is 18.2 Å². The lowest BCUT2D eigenvalue weighted by atomic mass is 10.3. The molecule has 0 radical (unpaired) electrons. The summed E-state index contributed by atoms with van der Waals surface area (Å²) < 4.78 is 33.7. The molecule has 1 aromatic carbocycles. The Morgan fingerprint density at radius 2 is 2.26 bits per heavy atom. The summed E-state index contributed by atoms with van der Waals surface area (Å²) in [5.74, 6) is 0. The number of nitrogens with two attached hydrogens (primary N) is 1. The largest absolute Gasteiger partial charge is 0.399 e. The van der Waals surface area contributed by atoms with Crippen LogP contribution in [-0.2, 0) is 14.9 Å². The van der Waals surface area contributed by atoms with Gasteiger partial charge in [0, 0.05) is 19.3 Å². The van der Waals surface area contributed by atoms with E-state index in [0.717, 1.165) is 4.70 Å². The van der Waals surface area contributed by atoms with Crippen LogP contribution in [0.2, 0.25) is 0 Å². The Morgan fingerprint density at radius 3 is 3.00 bits per heavy atom. The zero-order valence-corrected chi connectivity index (χ0v) is 11.8. The molecular formula is C10H14N4O3S2. The van der Waals surface area contributed by atoms with Gasteiger partial charge in [-0.15, -0.1) is 0 Å². The number of hydrogen-bond acceptors (Lipinski definition) is 6. The van der Waals surface area contributed by atoms with Crippen molar-refractivity contribution in [3.63, 3.8) is 0 Å². The Morgan fingerprint density at radius 1 is 1.47 bits per heavy atom. The van der Waals surface area contributed by atoms with Crippen molar-refractivity contribution in [1.29, 1.82) is 0 Å². The summed E-state index contributed by atoms with van der Waals surface area (Å²) in [4.78, 5) is 4.17. The summed E-state index contributed by atoms with van der Waals surface area (Å²) in [7, 11) is -2.13. The third kappa shape index (κ3) is 3.77. The number of rotatable bonds is 6. The molecule has 0 aliphatic carbocycles. The van der Waals surface area contributed by atoms with Crippen LogP contribution in [0.15, 0.2) is 18.2 Å². The summed E-state index contributed by atoms with van der Waals surface area (Å²) in [6, 6.07) is 5.22. The first kappa shape index (κ1) is 14.0. The number of nitrogens with zero attached hydrogens (tertiary/aromatic N) is 1. The van der Waals surface area contributed by atoms with E-state index in [2.05, 4.69) is 14.4 Å². The van der Waals surface area contributed by atoms with Crippen LogP contribution < -0.4 is 15.2 Å². The van der Waals surface area contributed by atoms with E-state index in [4.69, 9.17) is 10.5 Å². The van der Waals surface area contributed by atoms with Gasteiger partial charge in [0.1, 0.15) is 0 Å². The van der Waals surface area contributed by atoms with Crippen LogP contribution in [0.3, 0.4) is 0 Å². The van der Waals surface area contributed by atoms with E-state index < -0.39 is 10.2 Å². The van der Waals surface area contributed by atoms with Crippen molar-refractivity contribution in [2.24, 2.45) is 0 Å². The molecule has 7 nitrogen and oxygen atoms in total. The second-order valence-electron chi connectivity index (χ2n) is 3.74. The molecule has 0 unspecified atom stereocenters. The zero-order valence-electron chi connectivity index (χ0n) is 10.2. The van der Waals surface area contributed by atoms with Gasteiger partial charge in [0.25, 0.3) is 0 Å². The van der Waals surface area contributed by atoms with Crippen LogP contribution >= 0.6 is 11.3 Å². The van der Waals surface area contributed by atoms with Gasteiger partial charge in [-0.2, -0.15) is 13.1 Å².